The Morgan fingerprint density at radius 2 is 1.97 bits per heavy atom. The second-order valence-corrected chi connectivity index (χ2v) is 10.5. The molecule has 0 saturated carbocycles. The molecule has 10 nitrogen and oxygen atoms in total. The zero-order valence-corrected chi connectivity index (χ0v) is 21.7. The first-order valence-electron chi connectivity index (χ1n) is 12.3. The Bertz CT molecular complexity index is 1620. The van der Waals surface area contributed by atoms with E-state index < -0.39 is 17.0 Å². The number of H-pyrrole nitrogens is 1. The van der Waals surface area contributed by atoms with Crippen LogP contribution in [-0.4, -0.2) is 72.8 Å². The summed E-state index contributed by atoms with van der Waals surface area (Å²) in [7, 11) is 2.92. The Hall–Kier alpha value is -3.90. The number of tetrazole rings is 1. The van der Waals surface area contributed by atoms with Gasteiger partial charge in [0.05, 0.1) is 34.3 Å². The van der Waals surface area contributed by atoms with Gasteiger partial charge in [-0.15, -0.1) is 5.10 Å². The van der Waals surface area contributed by atoms with Gasteiger partial charge in [-0.2, -0.15) is 4.68 Å². The third-order valence-corrected chi connectivity index (χ3v) is 7.46. The van der Waals surface area contributed by atoms with E-state index in [1.54, 1.807) is 11.0 Å². The third kappa shape index (κ3) is 4.33. The smallest absolute Gasteiger partial charge is 0.247 e. The van der Waals surface area contributed by atoms with Gasteiger partial charge >= 0.3 is 0 Å². The molecule has 2 N–H and O–H groups in total. The van der Waals surface area contributed by atoms with Gasteiger partial charge in [0.2, 0.25) is 5.91 Å². The molecule has 1 saturated heterocycles. The number of nitrogens with zero attached hydrogens (tertiary/aromatic N) is 7. The molecule has 2 aliphatic heterocycles. The highest BCUT2D eigenvalue weighted by Gasteiger charge is 2.42. The van der Waals surface area contributed by atoms with Gasteiger partial charge in [-0.25, -0.2) is 13.8 Å². The maximum absolute atomic E-state index is 15.3. The van der Waals surface area contributed by atoms with Crippen molar-refractivity contribution in [3.63, 3.8) is 0 Å². The van der Waals surface area contributed by atoms with E-state index in [4.69, 9.17) is 11.6 Å². The summed E-state index contributed by atoms with van der Waals surface area (Å²) in [6.45, 7) is 0. The van der Waals surface area contributed by atoms with E-state index in [2.05, 4.69) is 30.5 Å². The van der Waals surface area contributed by atoms with Crippen molar-refractivity contribution in [2.75, 3.05) is 0 Å². The van der Waals surface area contributed by atoms with E-state index in [1.165, 1.54) is 57.3 Å². The number of hydrogen-bond donors (Lipinski definition) is 2. The number of carbonyl (C=O) groups is 1. The topological polar surface area (TPSA) is 126 Å². The molecule has 39 heavy (non-hydrogen) atoms. The van der Waals surface area contributed by atoms with E-state index >= 15 is 8.78 Å². The molecule has 0 unspecified atom stereocenters. The number of rotatable bonds is 5. The molecule has 15 heteroatoms. The number of nitrogens with one attached hydrogen (secondary N) is 1. The standard InChI is InChI=1S/C24H21B2ClF2N8O2/c25-24(26,39)22-20(28)13(5-6-30-22)15-9-31-23(33-15)17-3-1-12-7-11(8-18(38)37(12)17)19-16(36-10-32-34-35-36)4-2-14(27)21(19)29/h2,4-6,8-10,12,17,39H,1,3,7,25-26H2,(H,31,33)/t12-,17+/m1/s1. The van der Waals surface area contributed by atoms with Gasteiger partial charge < -0.3 is 15.0 Å². The first-order valence-corrected chi connectivity index (χ1v) is 12.7. The van der Waals surface area contributed by atoms with Gasteiger partial charge in [0.1, 0.15) is 27.8 Å². The molecule has 0 aliphatic carbocycles. The number of fused-ring (bicyclic) bond motifs is 1. The van der Waals surface area contributed by atoms with Crippen LogP contribution in [0.15, 0.2) is 43.0 Å². The molecule has 0 spiro atoms. The van der Waals surface area contributed by atoms with Gasteiger partial charge in [0.25, 0.3) is 0 Å². The highest BCUT2D eigenvalue weighted by Crippen LogP contribution is 2.44. The average Bonchev–Trinajstić information content (AvgIpc) is 3.66. The predicted octanol–water partition coefficient (Wildman–Crippen LogP) is 1.27. The van der Waals surface area contributed by atoms with Crippen molar-refractivity contribution < 1.29 is 18.7 Å². The Balaban J connectivity index is 1.32. The Kier molecular flexibility index (Phi) is 6.11. The van der Waals surface area contributed by atoms with Crippen molar-refractivity contribution in [1.82, 2.24) is 40.1 Å². The molecule has 5 heterocycles. The van der Waals surface area contributed by atoms with Crippen LogP contribution in [0.4, 0.5) is 8.78 Å². The van der Waals surface area contributed by atoms with Gasteiger partial charge in [-0.3, -0.25) is 9.78 Å². The van der Waals surface area contributed by atoms with Crippen LogP contribution >= 0.6 is 11.6 Å². The maximum atomic E-state index is 15.3. The molecule has 0 bridgehead atoms. The van der Waals surface area contributed by atoms with Crippen molar-refractivity contribution in [2.45, 2.75) is 36.7 Å². The van der Waals surface area contributed by atoms with Gasteiger partial charge in [-0.1, -0.05) is 11.6 Å². The second kappa shape index (κ2) is 9.38. The fourth-order valence-electron chi connectivity index (χ4n) is 5.43. The summed E-state index contributed by atoms with van der Waals surface area (Å²) < 4.78 is 31.8. The number of aromatic nitrogens is 7. The molecule has 1 aromatic carbocycles. The molecule has 3 aromatic heterocycles. The van der Waals surface area contributed by atoms with E-state index in [0.717, 1.165) is 0 Å². The largest absolute Gasteiger partial charge is 0.402 e. The Morgan fingerprint density at radius 1 is 1.15 bits per heavy atom. The normalized spacial score (nSPS) is 19.3. The fourth-order valence-corrected chi connectivity index (χ4v) is 5.58. The fraction of sp³-hybridized carbons (Fsp3) is 0.250. The third-order valence-electron chi connectivity index (χ3n) is 7.17. The lowest BCUT2D eigenvalue weighted by molar-refractivity contribution is -0.129. The molecular formula is C24H21B2ClF2N8O2. The molecule has 0 radical (unpaired) electrons. The minimum Gasteiger partial charge on any atom is -0.402 e. The lowest BCUT2D eigenvalue weighted by Crippen LogP contribution is -2.39. The molecular weight excluding hydrogens is 527 g/mol. The minimum atomic E-state index is -1.46. The van der Waals surface area contributed by atoms with Crippen molar-refractivity contribution in [3.8, 4) is 16.9 Å². The summed E-state index contributed by atoms with van der Waals surface area (Å²) >= 11 is 6.10. The van der Waals surface area contributed by atoms with E-state index in [1.807, 2.05) is 0 Å². The van der Waals surface area contributed by atoms with Crippen LogP contribution in [0.2, 0.25) is 5.02 Å². The van der Waals surface area contributed by atoms with E-state index in [9.17, 15) is 9.90 Å². The van der Waals surface area contributed by atoms with E-state index in [-0.39, 0.29) is 39.8 Å². The van der Waals surface area contributed by atoms with Crippen LogP contribution in [0.25, 0.3) is 22.5 Å². The lowest BCUT2D eigenvalue weighted by Gasteiger charge is -2.33. The van der Waals surface area contributed by atoms with Crippen LogP contribution in [0, 0.1) is 11.6 Å². The highest BCUT2D eigenvalue weighted by atomic mass is 35.5. The number of imidazole rings is 1. The number of carbonyl (C=O) groups excluding carboxylic acids is 1. The van der Waals surface area contributed by atoms with Crippen molar-refractivity contribution in [1.29, 1.82) is 0 Å². The minimum absolute atomic E-state index is 0.0684. The van der Waals surface area contributed by atoms with Crippen molar-refractivity contribution in [2.24, 2.45) is 0 Å². The van der Waals surface area contributed by atoms with Gasteiger partial charge in [0, 0.05) is 34.8 Å². The number of benzene rings is 1. The number of amides is 1. The molecule has 4 aromatic rings. The zero-order chi connectivity index (χ0) is 27.5. The lowest BCUT2D eigenvalue weighted by atomic mass is 9.63. The maximum Gasteiger partial charge on any atom is 0.247 e. The summed E-state index contributed by atoms with van der Waals surface area (Å²) in [5.41, 5.74) is 1.62. The summed E-state index contributed by atoms with van der Waals surface area (Å²) in [6.07, 6.45) is 7.38. The summed E-state index contributed by atoms with van der Waals surface area (Å²) in [4.78, 5) is 26.8. The SMILES string of the molecule is BC(B)(O)c1nccc(-c2cnc([C@@H]3CC[C@@H]4CC(c5c(-n6cnnn6)ccc(Cl)c5F)=CC(=O)N43)[nH]2)c1F. The monoisotopic (exact) mass is 548 g/mol. The number of pyridine rings is 1. The van der Waals surface area contributed by atoms with Crippen molar-refractivity contribution in [3.05, 3.63) is 76.7 Å². The second-order valence-electron chi connectivity index (χ2n) is 10.1. The zero-order valence-electron chi connectivity index (χ0n) is 20.9. The van der Waals surface area contributed by atoms with Gasteiger partial charge in [0.15, 0.2) is 11.6 Å². The predicted molar refractivity (Wildman–Crippen MR) is 142 cm³/mol. The summed E-state index contributed by atoms with van der Waals surface area (Å²) in [6, 6.07) is 3.97. The van der Waals surface area contributed by atoms with Crippen molar-refractivity contribution >= 4 is 38.8 Å². The highest BCUT2D eigenvalue weighted by molar-refractivity contribution is 6.38. The van der Waals surface area contributed by atoms with Crippen LogP contribution in [-0.2, 0) is 10.2 Å². The first kappa shape index (κ1) is 25.4. The molecule has 1 fully saturated rings. The molecule has 1 amide bonds. The number of aliphatic hydroxyl groups is 1. The number of aromatic amines is 1. The van der Waals surface area contributed by atoms with E-state index in [0.29, 0.717) is 42.0 Å². The Morgan fingerprint density at radius 3 is 2.72 bits per heavy atom. The van der Waals surface area contributed by atoms with Gasteiger partial charge in [-0.05, 0) is 53.5 Å². The average molecular weight is 549 g/mol. The molecule has 196 valence electrons. The molecule has 2 aliphatic rings. The number of halogens is 3. The van der Waals surface area contributed by atoms with Crippen LogP contribution in [0.5, 0.6) is 0 Å². The van der Waals surface area contributed by atoms with Crippen LogP contribution in [0.1, 0.15) is 42.4 Å². The molecule has 6 rings (SSSR count). The van der Waals surface area contributed by atoms with Crippen LogP contribution in [0.3, 0.4) is 0 Å². The first-order chi connectivity index (χ1) is 18.6. The summed E-state index contributed by atoms with van der Waals surface area (Å²) in [5, 5.41) is 19.9. The van der Waals surface area contributed by atoms with Crippen LogP contribution < -0.4 is 0 Å². The quantitative estimate of drug-likeness (QED) is 0.360. The Labute approximate surface area is 227 Å². The molecule has 2 atom stereocenters. The summed E-state index contributed by atoms with van der Waals surface area (Å²) in [5.74, 6) is -1.06. The number of hydrogen-bond acceptors (Lipinski definition) is 7.